The molecule has 0 saturated carbocycles. The molecule has 0 aromatic carbocycles. The number of hydrogen-bond donors (Lipinski definition) is 1. The molecule has 0 heterocycles. The van der Waals surface area contributed by atoms with Crippen molar-refractivity contribution in [2.24, 2.45) is 0 Å². The maximum atomic E-state index is 8.52. The Bertz CT molecular complexity index is 27.2. The summed E-state index contributed by atoms with van der Waals surface area (Å²) in [5.41, 5.74) is -0.500. The van der Waals surface area contributed by atoms with Crippen LogP contribution in [-0.2, 0) is 14.6 Å². The summed E-state index contributed by atoms with van der Waals surface area (Å²) >= 11 is 3.35. The summed E-state index contributed by atoms with van der Waals surface area (Å²) in [5, 5.41) is 8.52. The second kappa shape index (κ2) is 4.89. The van der Waals surface area contributed by atoms with Gasteiger partial charge in [-0.1, -0.05) is 0 Å². The topological polar surface area (TPSA) is 20.2 Å². The van der Waals surface area contributed by atoms with Gasteiger partial charge in [0.05, 0.1) is 5.60 Å². The summed E-state index contributed by atoms with van der Waals surface area (Å²) in [5.74, 6) is 0. The molecule has 1 nitrogen and oxygen atoms in total. The summed E-state index contributed by atoms with van der Waals surface area (Å²) < 4.78 is 0. The van der Waals surface area contributed by atoms with Crippen LogP contribution in [0, 0.1) is 0 Å². The van der Waals surface area contributed by atoms with Gasteiger partial charge in [-0.2, -0.15) is 0 Å². The van der Waals surface area contributed by atoms with E-state index in [0.29, 0.717) is 0 Å². The fourth-order valence-corrected chi connectivity index (χ4v) is 0. The molecule has 49 valence electrons. The number of aliphatic hydroxyl groups is 1. The number of halogens is 1. The first-order chi connectivity index (χ1) is 3.00. The molecule has 1 N–H and O–H groups in total. The molecule has 0 aliphatic carbocycles. The van der Waals surface area contributed by atoms with E-state index in [2.05, 4.69) is 24.8 Å². The molecule has 0 saturated heterocycles. The van der Waals surface area contributed by atoms with Crippen molar-refractivity contribution in [1.82, 2.24) is 0 Å². The predicted octanol–water partition coefficient (Wildman–Crippen LogP) is 1.46. The molecule has 0 aromatic rings. The Morgan fingerprint density at radius 2 is 1.29 bits per heavy atom. The molecular weight excluding hydrogens is 158 g/mol. The zero-order chi connectivity index (χ0) is 6.50. The molecule has 0 bridgehead atoms. The zero-order valence-corrected chi connectivity index (χ0v) is 6.38. The van der Waals surface area contributed by atoms with Gasteiger partial charge in [-0.25, -0.2) is 0 Å². The maximum absolute atomic E-state index is 8.52. The molecule has 0 amide bonds. The molecule has 0 rings (SSSR count). The van der Waals surface area contributed by atoms with Crippen LogP contribution in [0.2, 0.25) is 0 Å². The van der Waals surface area contributed by atoms with Gasteiger partial charge in [-0.3, -0.25) is 0 Å². The third-order valence-corrected chi connectivity index (χ3v) is 0. The van der Waals surface area contributed by atoms with Crippen molar-refractivity contribution in [2.45, 2.75) is 26.4 Å². The van der Waals surface area contributed by atoms with Crippen LogP contribution in [0.4, 0.5) is 0 Å². The van der Waals surface area contributed by atoms with E-state index in [9.17, 15) is 0 Å². The first kappa shape index (κ1) is 10.7. The van der Waals surface area contributed by atoms with E-state index in [1.165, 1.54) is 0 Å². The van der Waals surface area contributed by atoms with Gasteiger partial charge >= 0.3 is 24.8 Å². The Morgan fingerprint density at radius 3 is 1.29 bits per heavy atom. The average molecular weight is 168 g/mol. The Morgan fingerprint density at radius 1 is 1.29 bits per heavy atom. The molecule has 0 fully saturated rings. The van der Waals surface area contributed by atoms with E-state index in [4.69, 9.17) is 5.11 Å². The van der Waals surface area contributed by atoms with Crippen LogP contribution in [0.3, 0.4) is 0 Å². The van der Waals surface area contributed by atoms with Crippen LogP contribution in [0.25, 0.3) is 0 Å². The fourth-order valence-electron chi connectivity index (χ4n) is 0. The van der Waals surface area contributed by atoms with E-state index < -0.39 is 5.60 Å². The van der Waals surface area contributed by atoms with E-state index in [0.717, 1.165) is 0 Å². The minimum atomic E-state index is -0.500. The van der Waals surface area contributed by atoms with Gasteiger partial charge in [0.1, 0.15) is 0 Å². The predicted molar refractivity (Wildman–Crippen MR) is 27.8 cm³/mol. The van der Waals surface area contributed by atoms with Crippen molar-refractivity contribution in [3.63, 3.8) is 0 Å². The van der Waals surface area contributed by atoms with Gasteiger partial charge in [0.25, 0.3) is 0 Å². The zero-order valence-electron chi connectivity index (χ0n) is 4.64. The quantitative estimate of drug-likeness (QED) is 0.543. The first-order valence-corrected chi connectivity index (χ1v) is 3.20. The molecule has 3 heteroatoms. The van der Waals surface area contributed by atoms with Crippen molar-refractivity contribution in [3.8, 4) is 0 Å². The Kier molecular flexibility index (Phi) is 7.46. The molecule has 0 unspecified atom stereocenters. The van der Waals surface area contributed by atoms with Crippen LogP contribution < -0.4 is 0 Å². The number of rotatable bonds is 0. The van der Waals surface area contributed by atoms with Gasteiger partial charge in [0, 0.05) is 0 Å². The standard InChI is InChI=1S/C4H10O.ClH.Ni/c1-4(2,3)5;;/h5H,1-3H3;1H;/q;;+1/p-1. The summed E-state index contributed by atoms with van der Waals surface area (Å²) in [6.07, 6.45) is 0. The van der Waals surface area contributed by atoms with Crippen LogP contribution in [-0.4, -0.2) is 10.7 Å². The summed E-state index contributed by atoms with van der Waals surface area (Å²) in [6.45, 7) is 5.23. The van der Waals surface area contributed by atoms with E-state index in [1.807, 2.05) is 0 Å². The van der Waals surface area contributed by atoms with E-state index >= 15 is 0 Å². The molecular formula is C4H10ClNiO. The van der Waals surface area contributed by atoms with Crippen LogP contribution in [0.1, 0.15) is 20.8 Å². The third kappa shape index (κ3) is 274. The van der Waals surface area contributed by atoms with Crippen molar-refractivity contribution < 1.29 is 19.7 Å². The van der Waals surface area contributed by atoms with Gasteiger partial charge in [-0.05, 0) is 20.8 Å². The summed E-state index contributed by atoms with van der Waals surface area (Å²) in [7, 11) is 4.26. The Hall–Kier alpha value is 0.744. The fraction of sp³-hybridized carbons (Fsp3) is 1.00. The second-order valence-corrected chi connectivity index (χ2v) is 2.17. The van der Waals surface area contributed by atoms with Crippen molar-refractivity contribution in [1.29, 1.82) is 0 Å². The molecule has 0 aromatic heterocycles. The normalized spacial score (nSPS) is 9.57. The van der Waals surface area contributed by atoms with E-state index in [1.54, 1.807) is 20.8 Å². The summed E-state index contributed by atoms with van der Waals surface area (Å²) in [6, 6.07) is 0. The molecule has 0 spiro atoms. The minimum absolute atomic E-state index is 0.500. The molecule has 0 atom stereocenters. The van der Waals surface area contributed by atoms with Gasteiger partial charge < -0.3 is 5.11 Å². The van der Waals surface area contributed by atoms with Crippen LogP contribution in [0.15, 0.2) is 0 Å². The van der Waals surface area contributed by atoms with Gasteiger partial charge in [-0.15, -0.1) is 0 Å². The molecule has 0 aliphatic rings. The van der Waals surface area contributed by atoms with E-state index in [-0.39, 0.29) is 0 Å². The SMILES string of the molecule is CC(C)(C)O.[Cl][Ni]. The van der Waals surface area contributed by atoms with Gasteiger partial charge in [0.15, 0.2) is 0 Å². The average Bonchev–Trinajstić information content (AvgIpc) is 1.36. The Labute approximate surface area is 56.7 Å². The van der Waals surface area contributed by atoms with Crippen LogP contribution >= 0.6 is 10.2 Å². The molecule has 7 heavy (non-hydrogen) atoms. The summed E-state index contributed by atoms with van der Waals surface area (Å²) in [4.78, 5) is 0. The van der Waals surface area contributed by atoms with Crippen molar-refractivity contribution in [3.05, 3.63) is 0 Å². The Balaban J connectivity index is 0. The monoisotopic (exact) mass is 167 g/mol. The number of hydrogen-bond acceptors (Lipinski definition) is 1. The second-order valence-electron chi connectivity index (χ2n) is 2.17. The molecule has 0 radical (unpaired) electrons. The van der Waals surface area contributed by atoms with Crippen molar-refractivity contribution >= 4 is 10.2 Å². The first-order valence-electron chi connectivity index (χ1n) is 1.84. The van der Waals surface area contributed by atoms with Gasteiger partial charge in [0.2, 0.25) is 0 Å². The van der Waals surface area contributed by atoms with Crippen molar-refractivity contribution in [2.75, 3.05) is 0 Å². The van der Waals surface area contributed by atoms with Crippen LogP contribution in [0.5, 0.6) is 0 Å². The third-order valence-electron chi connectivity index (χ3n) is 0. The molecule has 0 aliphatic heterocycles.